The Morgan fingerprint density at radius 2 is 2.03 bits per heavy atom. The first-order valence-electron chi connectivity index (χ1n) is 9.67. The summed E-state index contributed by atoms with van der Waals surface area (Å²) in [5.74, 6) is -0.524. The minimum Gasteiger partial charge on any atom is -0.354 e. The van der Waals surface area contributed by atoms with Crippen LogP contribution in [0.1, 0.15) is 28.0 Å². The SMILES string of the molecule is Cc1ncncc1C(=O)N1CC(Cc2ccccc2)(C(=O)NC2CCNC2=O)C1. The molecule has 2 saturated heterocycles. The summed E-state index contributed by atoms with van der Waals surface area (Å²) in [6, 6.07) is 9.21. The van der Waals surface area contributed by atoms with Crippen molar-refractivity contribution in [2.24, 2.45) is 5.41 Å². The van der Waals surface area contributed by atoms with Gasteiger partial charge in [0, 0.05) is 25.8 Å². The van der Waals surface area contributed by atoms with Crippen LogP contribution >= 0.6 is 0 Å². The normalized spacial score (nSPS) is 20.0. The van der Waals surface area contributed by atoms with E-state index in [1.54, 1.807) is 11.8 Å². The molecule has 1 atom stereocenters. The Balaban J connectivity index is 1.53. The van der Waals surface area contributed by atoms with Gasteiger partial charge in [0.15, 0.2) is 0 Å². The number of carbonyl (C=O) groups excluding carboxylic acids is 3. The van der Waals surface area contributed by atoms with Crippen LogP contribution in [-0.4, -0.2) is 58.3 Å². The lowest BCUT2D eigenvalue weighted by Crippen LogP contribution is -2.66. The maximum Gasteiger partial charge on any atom is 0.257 e. The molecular formula is C21H23N5O3. The highest BCUT2D eigenvalue weighted by atomic mass is 16.2. The van der Waals surface area contributed by atoms with Crippen molar-refractivity contribution in [3.8, 4) is 0 Å². The number of nitrogens with one attached hydrogen (secondary N) is 2. The summed E-state index contributed by atoms with van der Waals surface area (Å²) >= 11 is 0. The largest absolute Gasteiger partial charge is 0.354 e. The van der Waals surface area contributed by atoms with Gasteiger partial charge < -0.3 is 15.5 Å². The van der Waals surface area contributed by atoms with Gasteiger partial charge in [-0.1, -0.05) is 30.3 Å². The second kappa shape index (κ2) is 7.62. The van der Waals surface area contributed by atoms with Crippen molar-refractivity contribution >= 4 is 17.7 Å². The van der Waals surface area contributed by atoms with Crippen LogP contribution in [0.3, 0.4) is 0 Å². The van der Waals surface area contributed by atoms with E-state index in [1.807, 2.05) is 30.3 Å². The van der Waals surface area contributed by atoms with Gasteiger partial charge in [-0.05, 0) is 25.3 Å². The molecule has 0 bridgehead atoms. The molecule has 1 aromatic heterocycles. The molecule has 150 valence electrons. The minimum absolute atomic E-state index is 0.155. The number of hydrogen-bond acceptors (Lipinski definition) is 5. The predicted octanol–water partition coefficient (Wildman–Crippen LogP) is 0.475. The van der Waals surface area contributed by atoms with E-state index >= 15 is 0 Å². The van der Waals surface area contributed by atoms with Crippen LogP contribution in [0, 0.1) is 12.3 Å². The quantitative estimate of drug-likeness (QED) is 0.769. The molecule has 2 aliphatic heterocycles. The zero-order valence-electron chi connectivity index (χ0n) is 16.2. The Kier molecular flexibility index (Phi) is 5.00. The van der Waals surface area contributed by atoms with E-state index in [-0.39, 0.29) is 30.8 Å². The molecule has 0 spiro atoms. The highest BCUT2D eigenvalue weighted by Gasteiger charge is 2.52. The lowest BCUT2D eigenvalue weighted by molar-refractivity contribution is -0.141. The number of carbonyl (C=O) groups is 3. The lowest BCUT2D eigenvalue weighted by atomic mass is 9.73. The van der Waals surface area contributed by atoms with Gasteiger partial charge >= 0.3 is 0 Å². The van der Waals surface area contributed by atoms with Gasteiger partial charge in [0.2, 0.25) is 11.8 Å². The maximum absolute atomic E-state index is 13.2. The van der Waals surface area contributed by atoms with Gasteiger partial charge in [0.25, 0.3) is 5.91 Å². The summed E-state index contributed by atoms with van der Waals surface area (Å²) in [5.41, 5.74) is 1.31. The Labute approximate surface area is 168 Å². The van der Waals surface area contributed by atoms with Crippen molar-refractivity contribution in [2.75, 3.05) is 19.6 Å². The van der Waals surface area contributed by atoms with Gasteiger partial charge in [-0.25, -0.2) is 9.97 Å². The number of benzene rings is 1. The summed E-state index contributed by atoms with van der Waals surface area (Å²) in [5, 5.41) is 5.62. The zero-order chi connectivity index (χ0) is 20.4. The first-order chi connectivity index (χ1) is 14.0. The predicted molar refractivity (Wildman–Crippen MR) is 105 cm³/mol. The summed E-state index contributed by atoms with van der Waals surface area (Å²) in [6.07, 6.45) is 3.99. The Bertz CT molecular complexity index is 940. The van der Waals surface area contributed by atoms with E-state index in [2.05, 4.69) is 20.6 Å². The number of amides is 3. The second-order valence-corrected chi connectivity index (χ2v) is 7.73. The number of hydrogen-bond donors (Lipinski definition) is 2. The van der Waals surface area contributed by atoms with Crippen molar-refractivity contribution < 1.29 is 14.4 Å². The standard InChI is InChI=1S/C21H23N5O3/c1-14-16(10-22-13-24-14)19(28)26-11-21(12-26,9-15-5-3-2-4-6-15)20(29)25-17-7-8-23-18(17)27/h2-6,10,13,17H,7-9,11-12H2,1H3,(H,23,27)(H,25,29). The maximum atomic E-state index is 13.2. The molecule has 0 radical (unpaired) electrons. The fourth-order valence-electron chi connectivity index (χ4n) is 3.96. The van der Waals surface area contributed by atoms with E-state index in [1.165, 1.54) is 12.5 Å². The number of nitrogens with zero attached hydrogens (tertiary/aromatic N) is 3. The van der Waals surface area contributed by atoms with Crippen LogP contribution in [0.15, 0.2) is 42.9 Å². The van der Waals surface area contributed by atoms with Gasteiger partial charge in [0.05, 0.1) is 16.7 Å². The van der Waals surface area contributed by atoms with Crippen molar-refractivity contribution in [2.45, 2.75) is 25.8 Å². The molecule has 1 unspecified atom stereocenters. The average molecular weight is 393 g/mol. The molecule has 0 aliphatic carbocycles. The monoisotopic (exact) mass is 393 g/mol. The van der Waals surface area contributed by atoms with Crippen molar-refractivity contribution in [1.29, 1.82) is 0 Å². The Hall–Kier alpha value is -3.29. The van der Waals surface area contributed by atoms with Crippen LogP contribution in [0.2, 0.25) is 0 Å². The van der Waals surface area contributed by atoms with Crippen molar-refractivity contribution in [3.05, 3.63) is 59.7 Å². The lowest BCUT2D eigenvalue weighted by Gasteiger charge is -2.49. The van der Waals surface area contributed by atoms with Gasteiger partial charge in [-0.15, -0.1) is 0 Å². The average Bonchev–Trinajstić information content (AvgIpc) is 3.09. The summed E-state index contributed by atoms with van der Waals surface area (Å²) in [6.45, 7) is 2.90. The molecule has 3 heterocycles. The molecule has 8 nitrogen and oxygen atoms in total. The highest BCUT2D eigenvalue weighted by molar-refractivity contribution is 5.98. The molecular weight excluding hydrogens is 370 g/mol. The molecule has 2 N–H and O–H groups in total. The molecule has 2 aromatic rings. The smallest absolute Gasteiger partial charge is 0.257 e. The first kappa shape index (κ1) is 19.0. The summed E-state index contributed by atoms with van der Waals surface area (Å²) in [7, 11) is 0. The topological polar surface area (TPSA) is 104 Å². The van der Waals surface area contributed by atoms with E-state index in [9.17, 15) is 14.4 Å². The molecule has 0 saturated carbocycles. The fraction of sp³-hybridized carbons (Fsp3) is 0.381. The minimum atomic E-state index is -0.760. The number of rotatable bonds is 5. The van der Waals surface area contributed by atoms with E-state index in [0.717, 1.165) is 5.56 Å². The molecule has 1 aromatic carbocycles. The number of aryl methyl sites for hydroxylation is 1. The second-order valence-electron chi connectivity index (χ2n) is 7.73. The summed E-state index contributed by atoms with van der Waals surface area (Å²) in [4.78, 5) is 47.6. The van der Waals surface area contributed by atoms with Crippen LogP contribution in [0.5, 0.6) is 0 Å². The van der Waals surface area contributed by atoms with Gasteiger partial charge in [-0.2, -0.15) is 0 Å². The number of aromatic nitrogens is 2. The van der Waals surface area contributed by atoms with Crippen molar-refractivity contribution in [1.82, 2.24) is 25.5 Å². The van der Waals surface area contributed by atoms with Crippen LogP contribution < -0.4 is 10.6 Å². The molecule has 8 heteroatoms. The fourth-order valence-corrected chi connectivity index (χ4v) is 3.96. The van der Waals surface area contributed by atoms with Crippen LogP contribution in [0.25, 0.3) is 0 Å². The van der Waals surface area contributed by atoms with Crippen LogP contribution in [-0.2, 0) is 16.0 Å². The van der Waals surface area contributed by atoms with E-state index in [4.69, 9.17) is 0 Å². The first-order valence-corrected chi connectivity index (χ1v) is 9.67. The summed E-state index contributed by atoms with van der Waals surface area (Å²) < 4.78 is 0. The molecule has 4 rings (SSSR count). The Morgan fingerprint density at radius 1 is 1.28 bits per heavy atom. The molecule has 2 fully saturated rings. The third-order valence-corrected chi connectivity index (χ3v) is 5.64. The van der Waals surface area contributed by atoms with E-state index in [0.29, 0.717) is 30.6 Å². The van der Waals surface area contributed by atoms with Gasteiger partial charge in [0.1, 0.15) is 12.4 Å². The third-order valence-electron chi connectivity index (χ3n) is 5.64. The number of likely N-dealkylation sites (tertiary alicyclic amines) is 1. The zero-order valence-corrected chi connectivity index (χ0v) is 16.2. The highest BCUT2D eigenvalue weighted by Crippen LogP contribution is 2.36. The molecule has 3 amide bonds. The van der Waals surface area contributed by atoms with Gasteiger partial charge in [-0.3, -0.25) is 14.4 Å². The third kappa shape index (κ3) is 3.70. The van der Waals surface area contributed by atoms with E-state index < -0.39 is 11.5 Å². The molecule has 2 aliphatic rings. The Morgan fingerprint density at radius 3 is 2.69 bits per heavy atom. The van der Waals surface area contributed by atoms with Crippen LogP contribution in [0.4, 0.5) is 0 Å². The molecule has 29 heavy (non-hydrogen) atoms. The van der Waals surface area contributed by atoms with Crippen molar-refractivity contribution in [3.63, 3.8) is 0 Å².